The van der Waals surface area contributed by atoms with Gasteiger partial charge in [0.25, 0.3) is 0 Å². The zero-order valence-electron chi connectivity index (χ0n) is 7.83. The van der Waals surface area contributed by atoms with Crippen LogP contribution in [0.5, 0.6) is 0 Å². The molecular weight excluding hydrogens is 182 g/mol. The molecule has 7 nitrogen and oxygen atoms in total. The summed E-state index contributed by atoms with van der Waals surface area (Å²) in [5.41, 5.74) is 5.38. The first-order valence-corrected chi connectivity index (χ1v) is 4.23. The smallest absolute Gasteiger partial charge is 0.239 e. The number of rotatable bonds is 3. The van der Waals surface area contributed by atoms with Crippen LogP contribution >= 0.6 is 0 Å². The molecule has 0 aliphatic carbocycles. The third kappa shape index (κ3) is 1.70. The maximum absolute atomic E-state index is 5.38. The fourth-order valence-corrected chi connectivity index (χ4v) is 1.16. The molecule has 0 spiro atoms. The Balaban J connectivity index is 1.98. The monoisotopic (exact) mass is 193 g/mol. The van der Waals surface area contributed by atoms with Gasteiger partial charge in [0.05, 0.1) is 0 Å². The van der Waals surface area contributed by atoms with Crippen molar-refractivity contribution in [3.63, 3.8) is 0 Å². The normalized spacial score (nSPS) is 10.6. The molecule has 2 aromatic heterocycles. The third-order valence-corrected chi connectivity index (χ3v) is 1.92. The molecule has 14 heavy (non-hydrogen) atoms. The number of aryl methyl sites for hydroxylation is 3. The lowest BCUT2D eigenvalue weighted by Crippen LogP contribution is -2.06. The fraction of sp³-hybridized carbons (Fsp3) is 0.429. The molecular formula is C7H11N7. The number of nitrogens with two attached hydrogens (primary N) is 1. The van der Waals surface area contributed by atoms with Crippen LogP contribution in [-0.4, -0.2) is 29.5 Å². The summed E-state index contributed by atoms with van der Waals surface area (Å²) >= 11 is 0. The quantitative estimate of drug-likeness (QED) is 0.691. The van der Waals surface area contributed by atoms with Crippen molar-refractivity contribution in [2.75, 3.05) is 5.73 Å². The molecule has 2 aromatic rings. The second kappa shape index (κ2) is 3.44. The summed E-state index contributed by atoms with van der Waals surface area (Å²) in [6.07, 6.45) is 4.04. The highest BCUT2D eigenvalue weighted by atomic mass is 15.4. The Morgan fingerprint density at radius 1 is 1.43 bits per heavy atom. The number of aromatic nitrogens is 6. The van der Waals surface area contributed by atoms with Gasteiger partial charge in [0.1, 0.15) is 18.5 Å². The molecule has 0 aromatic carbocycles. The van der Waals surface area contributed by atoms with Gasteiger partial charge in [-0.1, -0.05) is 0 Å². The molecule has 0 amide bonds. The van der Waals surface area contributed by atoms with E-state index in [2.05, 4.69) is 20.3 Å². The van der Waals surface area contributed by atoms with E-state index in [0.29, 0.717) is 12.5 Å². The van der Waals surface area contributed by atoms with Crippen molar-refractivity contribution in [3.8, 4) is 0 Å². The molecule has 2 N–H and O–H groups in total. The van der Waals surface area contributed by atoms with Crippen LogP contribution in [0.1, 0.15) is 5.82 Å². The second-order valence-corrected chi connectivity index (χ2v) is 2.97. The van der Waals surface area contributed by atoms with Crippen LogP contribution < -0.4 is 5.73 Å². The summed E-state index contributed by atoms with van der Waals surface area (Å²) < 4.78 is 3.56. The molecule has 0 saturated carbocycles. The maximum atomic E-state index is 5.38. The summed E-state index contributed by atoms with van der Waals surface area (Å²) in [5.74, 6) is 1.21. The van der Waals surface area contributed by atoms with E-state index in [4.69, 9.17) is 5.73 Å². The lowest BCUT2D eigenvalue weighted by Gasteiger charge is -1.99. The Bertz CT molecular complexity index is 415. The minimum Gasteiger partial charge on any atom is -0.367 e. The molecule has 0 aliphatic rings. The number of hydrogen-bond donors (Lipinski definition) is 1. The van der Waals surface area contributed by atoms with Gasteiger partial charge in [-0.2, -0.15) is 0 Å². The van der Waals surface area contributed by atoms with Crippen molar-refractivity contribution in [2.24, 2.45) is 7.05 Å². The van der Waals surface area contributed by atoms with E-state index < -0.39 is 0 Å². The van der Waals surface area contributed by atoms with Crippen LogP contribution in [0.25, 0.3) is 0 Å². The molecule has 0 radical (unpaired) electrons. The first-order chi connectivity index (χ1) is 6.75. The van der Waals surface area contributed by atoms with E-state index >= 15 is 0 Å². The second-order valence-electron chi connectivity index (χ2n) is 2.97. The predicted molar refractivity (Wildman–Crippen MR) is 49.1 cm³/mol. The van der Waals surface area contributed by atoms with Gasteiger partial charge in [-0.25, -0.2) is 4.98 Å². The van der Waals surface area contributed by atoms with Gasteiger partial charge in [0.2, 0.25) is 5.95 Å². The molecule has 74 valence electrons. The highest BCUT2D eigenvalue weighted by Gasteiger charge is 2.01. The summed E-state index contributed by atoms with van der Waals surface area (Å²) in [5, 5.41) is 11.7. The topological polar surface area (TPSA) is 87.4 Å². The average molecular weight is 193 g/mol. The largest absolute Gasteiger partial charge is 0.367 e. The van der Waals surface area contributed by atoms with E-state index in [1.165, 1.54) is 0 Å². The van der Waals surface area contributed by atoms with Crippen LogP contribution in [0.4, 0.5) is 5.95 Å². The van der Waals surface area contributed by atoms with Gasteiger partial charge >= 0.3 is 0 Å². The van der Waals surface area contributed by atoms with Crippen LogP contribution in [0, 0.1) is 0 Å². The Hall–Kier alpha value is -1.92. The van der Waals surface area contributed by atoms with Crippen molar-refractivity contribution < 1.29 is 0 Å². The predicted octanol–water partition coefficient (Wildman–Crippen LogP) is -0.769. The van der Waals surface area contributed by atoms with Gasteiger partial charge < -0.3 is 10.3 Å². The SMILES string of the molecule is Cn1cnnc1CCn1cnc(N)n1. The number of hydrogen-bond acceptors (Lipinski definition) is 5. The molecule has 0 unspecified atom stereocenters. The first-order valence-electron chi connectivity index (χ1n) is 4.23. The third-order valence-electron chi connectivity index (χ3n) is 1.92. The van der Waals surface area contributed by atoms with Crippen molar-refractivity contribution in [1.29, 1.82) is 0 Å². The van der Waals surface area contributed by atoms with Gasteiger partial charge in [-0.05, 0) is 0 Å². The molecule has 0 atom stereocenters. The highest BCUT2D eigenvalue weighted by Crippen LogP contribution is 1.96. The van der Waals surface area contributed by atoms with E-state index in [-0.39, 0.29) is 0 Å². The molecule has 0 aliphatic heterocycles. The lowest BCUT2D eigenvalue weighted by atomic mass is 10.4. The van der Waals surface area contributed by atoms with Gasteiger partial charge in [-0.15, -0.1) is 15.3 Å². The van der Waals surface area contributed by atoms with Crippen LogP contribution in [0.15, 0.2) is 12.7 Å². The molecule has 2 rings (SSSR count). The molecule has 0 fully saturated rings. The summed E-state index contributed by atoms with van der Waals surface area (Å²) in [4.78, 5) is 3.83. The van der Waals surface area contributed by atoms with E-state index in [1.54, 1.807) is 17.3 Å². The van der Waals surface area contributed by atoms with Crippen molar-refractivity contribution >= 4 is 5.95 Å². The van der Waals surface area contributed by atoms with Crippen molar-refractivity contribution in [2.45, 2.75) is 13.0 Å². The van der Waals surface area contributed by atoms with Gasteiger partial charge in [-0.3, -0.25) is 4.68 Å². The van der Waals surface area contributed by atoms with Crippen LogP contribution in [0.2, 0.25) is 0 Å². The van der Waals surface area contributed by atoms with Crippen molar-refractivity contribution in [1.82, 2.24) is 29.5 Å². The maximum Gasteiger partial charge on any atom is 0.239 e. The van der Waals surface area contributed by atoms with Gasteiger partial charge in [0.15, 0.2) is 0 Å². The van der Waals surface area contributed by atoms with E-state index in [9.17, 15) is 0 Å². The van der Waals surface area contributed by atoms with Crippen LogP contribution in [0.3, 0.4) is 0 Å². The number of anilines is 1. The number of nitrogen functional groups attached to an aromatic ring is 1. The zero-order valence-corrected chi connectivity index (χ0v) is 7.83. The Kier molecular flexibility index (Phi) is 2.13. The Morgan fingerprint density at radius 2 is 2.29 bits per heavy atom. The molecule has 0 saturated heterocycles. The Morgan fingerprint density at radius 3 is 2.86 bits per heavy atom. The first kappa shape index (κ1) is 8.67. The molecule has 0 bridgehead atoms. The fourth-order valence-electron chi connectivity index (χ4n) is 1.16. The summed E-state index contributed by atoms with van der Waals surface area (Å²) in [7, 11) is 1.91. The standard InChI is InChI=1S/C7H11N7/c1-13-5-10-11-6(13)2-3-14-4-9-7(8)12-14/h4-5H,2-3H2,1H3,(H2,8,12). The summed E-state index contributed by atoms with van der Waals surface area (Å²) in [6.45, 7) is 0.705. The zero-order chi connectivity index (χ0) is 9.97. The number of nitrogens with zero attached hydrogens (tertiary/aromatic N) is 6. The van der Waals surface area contributed by atoms with Crippen LogP contribution in [-0.2, 0) is 20.0 Å². The lowest BCUT2D eigenvalue weighted by molar-refractivity contribution is 0.589. The minimum absolute atomic E-state index is 0.294. The molecule has 7 heteroatoms. The van der Waals surface area contributed by atoms with Gasteiger partial charge in [0, 0.05) is 20.0 Å². The minimum atomic E-state index is 0.294. The van der Waals surface area contributed by atoms with Crippen molar-refractivity contribution in [3.05, 3.63) is 18.5 Å². The molecule has 2 heterocycles. The highest BCUT2D eigenvalue weighted by molar-refractivity contribution is 5.09. The van der Waals surface area contributed by atoms with E-state index in [1.807, 2.05) is 11.6 Å². The summed E-state index contributed by atoms with van der Waals surface area (Å²) in [6, 6.07) is 0. The van der Waals surface area contributed by atoms with E-state index in [0.717, 1.165) is 12.2 Å². The average Bonchev–Trinajstić information content (AvgIpc) is 2.72. The Labute approximate surface area is 80.6 Å².